The molecule has 0 aliphatic heterocycles. The highest BCUT2D eigenvalue weighted by molar-refractivity contribution is 6.25. The monoisotopic (exact) mass is 614 g/mol. The summed E-state index contributed by atoms with van der Waals surface area (Å²) in [4.78, 5) is 41.2. The molecule has 1 unspecified atom stereocenters. The highest BCUT2D eigenvalue weighted by Crippen LogP contribution is 2.65. The summed E-state index contributed by atoms with van der Waals surface area (Å²) in [6.45, 7) is 18.6. The highest BCUT2D eigenvalue weighted by Gasteiger charge is 2.71. The fraction of sp³-hybridized carbons (Fsp3) is 0.500. The van der Waals surface area contributed by atoms with Gasteiger partial charge in [0, 0.05) is 27.9 Å². The fourth-order valence-electron chi connectivity index (χ4n) is 8.71. The van der Waals surface area contributed by atoms with Gasteiger partial charge in [0.2, 0.25) is 5.78 Å². The Balaban J connectivity index is 1.79. The summed E-state index contributed by atoms with van der Waals surface area (Å²) in [5.74, 6) is -5.10. The SMILES string of the molecule is CC(=O)C1=C(O)C(C(C)C)[C@@]2(C)C[C@@]3(C)Cc4c(C(C)C)cc(-c5ccc(C(C)(C)C)cc5)c(O)c4C(=O)C3=C(O)[C@@]2(O)C1=O. The van der Waals surface area contributed by atoms with E-state index in [9.17, 15) is 34.8 Å². The van der Waals surface area contributed by atoms with Crippen LogP contribution in [0, 0.1) is 22.7 Å². The number of phenolic OH excluding ortho intramolecular Hbond substituents is 1. The number of Topliss-reactive ketones (excluding diaryl/α,β-unsaturated/α-hetero) is 3. The number of ketones is 3. The van der Waals surface area contributed by atoms with Crippen molar-refractivity contribution in [2.24, 2.45) is 22.7 Å². The Morgan fingerprint density at radius 3 is 2.04 bits per heavy atom. The quantitative estimate of drug-likeness (QED) is 0.263. The van der Waals surface area contributed by atoms with Crippen LogP contribution in [0.25, 0.3) is 11.1 Å². The molecule has 0 saturated heterocycles. The average Bonchev–Trinajstić information content (AvgIpc) is 2.89. The van der Waals surface area contributed by atoms with Gasteiger partial charge in [-0.3, -0.25) is 14.4 Å². The lowest BCUT2D eigenvalue weighted by atomic mass is 9.44. The number of carbonyl (C=O) groups is 3. The van der Waals surface area contributed by atoms with Crippen molar-refractivity contribution in [1.29, 1.82) is 0 Å². The highest BCUT2D eigenvalue weighted by atomic mass is 16.3. The van der Waals surface area contributed by atoms with Crippen molar-refractivity contribution in [3.05, 3.63) is 75.3 Å². The molecule has 0 saturated carbocycles. The molecule has 5 rings (SSSR count). The summed E-state index contributed by atoms with van der Waals surface area (Å²) in [7, 11) is 0. The number of hydrogen-bond acceptors (Lipinski definition) is 7. The third kappa shape index (κ3) is 4.37. The number of rotatable bonds is 4. The smallest absolute Gasteiger partial charge is 0.209 e. The van der Waals surface area contributed by atoms with E-state index in [-0.39, 0.29) is 52.7 Å². The number of hydrogen-bond donors (Lipinski definition) is 4. The maximum atomic E-state index is 14.6. The van der Waals surface area contributed by atoms with E-state index >= 15 is 0 Å². The minimum atomic E-state index is -2.63. The molecule has 0 amide bonds. The van der Waals surface area contributed by atoms with Crippen molar-refractivity contribution in [2.75, 3.05) is 0 Å². The zero-order valence-electron chi connectivity index (χ0n) is 28.0. The van der Waals surface area contributed by atoms with E-state index in [4.69, 9.17) is 0 Å². The predicted octanol–water partition coefficient (Wildman–Crippen LogP) is 7.43. The van der Waals surface area contributed by atoms with Gasteiger partial charge >= 0.3 is 0 Å². The van der Waals surface area contributed by atoms with Gasteiger partial charge in [0.15, 0.2) is 17.2 Å². The second-order valence-corrected chi connectivity index (χ2v) is 15.7. The maximum absolute atomic E-state index is 14.6. The van der Waals surface area contributed by atoms with Crippen LogP contribution < -0.4 is 0 Å². The predicted molar refractivity (Wildman–Crippen MR) is 173 cm³/mol. The number of phenols is 1. The van der Waals surface area contributed by atoms with Crippen LogP contribution in [-0.2, 0) is 21.4 Å². The molecule has 45 heavy (non-hydrogen) atoms. The summed E-state index contributed by atoms with van der Waals surface area (Å²) in [5, 5.41) is 47.4. The first-order chi connectivity index (χ1) is 20.6. The molecule has 3 aliphatic rings. The van der Waals surface area contributed by atoms with E-state index in [2.05, 4.69) is 20.8 Å². The molecular formula is C38H46O7. The van der Waals surface area contributed by atoms with Crippen LogP contribution in [0.5, 0.6) is 5.75 Å². The Labute approximate surface area is 265 Å². The lowest BCUT2D eigenvalue weighted by Gasteiger charge is -2.59. The van der Waals surface area contributed by atoms with Crippen LogP contribution in [0.2, 0.25) is 0 Å². The van der Waals surface area contributed by atoms with Gasteiger partial charge in [-0.15, -0.1) is 0 Å². The van der Waals surface area contributed by atoms with Gasteiger partial charge in [-0.05, 0) is 65.3 Å². The topological polar surface area (TPSA) is 132 Å². The summed E-state index contributed by atoms with van der Waals surface area (Å²) >= 11 is 0. The van der Waals surface area contributed by atoms with E-state index in [1.807, 2.05) is 65.0 Å². The van der Waals surface area contributed by atoms with Gasteiger partial charge in [0.25, 0.3) is 0 Å². The first kappa shape index (κ1) is 32.7. The second kappa shape index (κ2) is 10.1. The van der Waals surface area contributed by atoms with E-state index < -0.39 is 51.0 Å². The molecule has 0 aromatic heterocycles. The molecule has 0 bridgehead atoms. The number of aliphatic hydroxyl groups is 3. The summed E-state index contributed by atoms with van der Waals surface area (Å²) in [5.41, 5.74) is -1.96. The van der Waals surface area contributed by atoms with Crippen LogP contribution in [0.15, 0.2) is 53.0 Å². The molecule has 0 fully saturated rings. The fourth-order valence-corrected chi connectivity index (χ4v) is 8.71. The van der Waals surface area contributed by atoms with E-state index in [0.717, 1.165) is 23.6 Å². The van der Waals surface area contributed by atoms with Crippen molar-refractivity contribution in [1.82, 2.24) is 0 Å². The standard InChI is InChI=1S/C38H46O7/c1-18(2)23-15-24(21-11-13-22(14-12-21)35(6,7)8)30(40)27-25(23)16-36(9)17-37(10)28(19(3)4)31(41)26(20(5)39)33(43)38(37,45)34(44)29(36)32(27)42/h11-15,18-19,28,40-41,44-45H,16-17H2,1-10H3/t28?,36-,37-,38+/m1/s1. The third-order valence-corrected chi connectivity index (χ3v) is 10.7. The summed E-state index contributed by atoms with van der Waals surface area (Å²) in [6.07, 6.45) is 0.325. The number of aliphatic hydroxyl groups excluding tert-OH is 2. The van der Waals surface area contributed by atoms with Crippen molar-refractivity contribution in [2.45, 2.75) is 99.0 Å². The number of carbonyl (C=O) groups excluding carboxylic acids is 3. The van der Waals surface area contributed by atoms with E-state index in [1.54, 1.807) is 6.92 Å². The first-order valence-electron chi connectivity index (χ1n) is 15.8. The molecule has 2 aromatic carbocycles. The molecule has 0 spiro atoms. The summed E-state index contributed by atoms with van der Waals surface area (Å²) < 4.78 is 0. The van der Waals surface area contributed by atoms with Crippen molar-refractivity contribution >= 4 is 17.3 Å². The van der Waals surface area contributed by atoms with Crippen LogP contribution >= 0.6 is 0 Å². The second-order valence-electron chi connectivity index (χ2n) is 15.7. The molecule has 7 nitrogen and oxygen atoms in total. The Kier molecular flexibility index (Phi) is 7.37. The van der Waals surface area contributed by atoms with Crippen molar-refractivity contribution in [3.8, 4) is 16.9 Å². The Hall–Kier alpha value is -3.71. The van der Waals surface area contributed by atoms with Crippen LogP contribution in [0.4, 0.5) is 0 Å². The molecule has 0 radical (unpaired) electrons. The van der Waals surface area contributed by atoms with Gasteiger partial charge in [-0.2, -0.15) is 0 Å². The lowest BCUT2D eigenvalue weighted by molar-refractivity contribution is -0.171. The molecular weight excluding hydrogens is 568 g/mol. The largest absolute Gasteiger partial charge is 0.511 e. The van der Waals surface area contributed by atoms with Gasteiger partial charge in [0.1, 0.15) is 22.8 Å². The molecule has 7 heteroatoms. The Morgan fingerprint density at radius 1 is 0.978 bits per heavy atom. The maximum Gasteiger partial charge on any atom is 0.209 e. The molecule has 3 aliphatic carbocycles. The van der Waals surface area contributed by atoms with Crippen molar-refractivity contribution in [3.63, 3.8) is 0 Å². The van der Waals surface area contributed by atoms with Crippen LogP contribution in [-0.4, -0.2) is 43.4 Å². The Morgan fingerprint density at radius 2 is 1.56 bits per heavy atom. The van der Waals surface area contributed by atoms with E-state index in [1.165, 1.54) is 0 Å². The zero-order valence-corrected chi connectivity index (χ0v) is 28.0. The van der Waals surface area contributed by atoms with Gasteiger partial charge < -0.3 is 20.4 Å². The molecule has 2 aromatic rings. The zero-order chi connectivity index (χ0) is 33.8. The molecule has 240 valence electrons. The minimum absolute atomic E-state index is 0.0108. The summed E-state index contributed by atoms with van der Waals surface area (Å²) in [6, 6.07) is 9.78. The Bertz CT molecular complexity index is 1720. The van der Waals surface area contributed by atoms with Gasteiger partial charge in [-0.25, -0.2) is 0 Å². The normalized spacial score (nSPS) is 28.4. The average molecular weight is 615 g/mol. The number of fused-ring (bicyclic) bond motifs is 3. The number of aromatic hydroxyl groups is 1. The van der Waals surface area contributed by atoms with Gasteiger partial charge in [-0.1, -0.05) is 86.6 Å². The molecule has 0 heterocycles. The first-order valence-corrected chi connectivity index (χ1v) is 15.8. The number of benzene rings is 2. The lowest BCUT2D eigenvalue weighted by Crippen LogP contribution is -2.67. The van der Waals surface area contributed by atoms with Crippen LogP contribution in [0.1, 0.15) is 109 Å². The molecule has 4 N–H and O–H groups in total. The molecule has 4 atom stereocenters. The minimum Gasteiger partial charge on any atom is -0.511 e. The van der Waals surface area contributed by atoms with Gasteiger partial charge in [0.05, 0.1) is 5.56 Å². The van der Waals surface area contributed by atoms with E-state index in [0.29, 0.717) is 11.1 Å². The van der Waals surface area contributed by atoms with Crippen LogP contribution in [0.3, 0.4) is 0 Å². The van der Waals surface area contributed by atoms with Crippen molar-refractivity contribution < 1.29 is 34.8 Å². The number of allylic oxidation sites excluding steroid dienone is 2. The third-order valence-electron chi connectivity index (χ3n) is 10.7.